The van der Waals surface area contributed by atoms with Crippen LogP contribution in [-0.2, 0) is 6.18 Å². The number of nitrogens with zero attached hydrogens (tertiary/aromatic N) is 2. The van der Waals surface area contributed by atoms with Crippen molar-refractivity contribution in [3.63, 3.8) is 0 Å². The van der Waals surface area contributed by atoms with Crippen molar-refractivity contribution in [2.75, 3.05) is 39.3 Å². The van der Waals surface area contributed by atoms with Gasteiger partial charge in [0.2, 0.25) is 0 Å². The predicted octanol–water partition coefficient (Wildman–Crippen LogP) is 6.24. The van der Waals surface area contributed by atoms with Gasteiger partial charge < -0.3 is 9.64 Å². The molecule has 0 amide bonds. The zero-order valence-electron chi connectivity index (χ0n) is 19.1. The van der Waals surface area contributed by atoms with Gasteiger partial charge in [-0.3, -0.25) is 4.90 Å². The lowest BCUT2D eigenvalue weighted by Gasteiger charge is -2.38. The lowest BCUT2D eigenvalue weighted by atomic mass is 9.81. The first-order valence-corrected chi connectivity index (χ1v) is 12.4. The second kappa shape index (κ2) is 9.67. The molecule has 2 saturated heterocycles. The molecule has 3 nitrogen and oxygen atoms in total. The molecule has 33 heavy (non-hydrogen) atoms. The van der Waals surface area contributed by atoms with Crippen molar-refractivity contribution in [1.82, 2.24) is 9.80 Å². The summed E-state index contributed by atoms with van der Waals surface area (Å²) < 4.78 is 45.2. The third-order valence-corrected chi connectivity index (χ3v) is 7.55. The molecule has 6 heteroatoms. The maximum Gasteiger partial charge on any atom is 0.416 e. The van der Waals surface area contributed by atoms with Gasteiger partial charge in [-0.2, -0.15) is 13.2 Å². The summed E-state index contributed by atoms with van der Waals surface area (Å²) >= 11 is 0. The normalized spacial score (nSPS) is 23.8. The number of fused-ring (bicyclic) bond motifs is 3. The van der Waals surface area contributed by atoms with E-state index in [1.165, 1.54) is 55.6 Å². The van der Waals surface area contributed by atoms with Crippen LogP contribution in [0.5, 0.6) is 5.75 Å². The molecule has 0 aliphatic carbocycles. The lowest BCUT2D eigenvalue weighted by molar-refractivity contribution is -0.137. The third kappa shape index (κ3) is 5.07. The average molecular weight is 459 g/mol. The van der Waals surface area contributed by atoms with Crippen molar-refractivity contribution in [3.05, 3.63) is 64.7 Å². The van der Waals surface area contributed by atoms with Crippen LogP contribution >= 0.6 is 0 Å². The minimum atomic E-state index is -4.30. The SMILES string of the molecule is FC(F)(F)c1ccc([C@@H]2CN3CCC[C@@H]3c3cc(OCCCN4CCCCC4)ccc32)cc1. The molecule has 0 radical (unpaired) electrons. The van der Waals surface area contributed by atoms with Gasteiger partial charge in [0.1, 0.15) is 5.75 Å². The molecular formula is C27H33F3N2O. The highest BCUT2D eigenvalue weighted by molar-refractivity contribution is 5.47. The number of benzene rings is 2. The van der Waals surface area contributed by atoms with E-state index in [1.54, 1.807) is 12.1 Å². The second-order valence-electron chi connectivity index (χ2n) is 9.72. The molecule has 2 aromatic carbocycles. The van der Waals surface area contributed by atoms with Gasteiger partial charge in [-0.1, -0.05) is 24.6 Å². The topological polar surface area (TPSA) is 15.7 Å². The highest BCUT2D eigenvalue weighted by Crippen LogP contribution is 2.45. The zero-order chi connectivity index (χ0) is 22.8. The number of piperidine rings is 1. The van der Waals surface area contributed by atoms with Crippen LogP contribution in [-0.4, -0.2) is 49.1 Å². The Morgan fingerprint density at radius 2 is 1.67 bits per heavy atom. The number of hydrogen-bond donors (Lipinski definition) is 0. The van der Waals surface area contributed by atoms with Crippen molar-refractivity contribution in [3.8, 4) is 5.75 Å². The van der Waals surface area contributed by atoms with E-state index in [2.05, 4.69) is 21.9 Å². The van der Waals surface area contributed by atoms with Crippen LogP contribution < -0.4 is 4.74 Å². The van der Waals surface area contributed by atoms with Gasteiger partial charge in [0.25, 0.3) is 0 Å². The fourth-order valence-electron chi connectivity index (χ4n) is 5.83. The Bertz CT molecular complexity index is 937. The average Bonchev–Trinajstić information content (AvgIpc) is 3.31. The van der Waals surface area contributed by atoms with Crippen LogP contribution in [0.15, 0.2) is 42.5 Å². The van der Waals surface area contributed by atoms with Crippen LogP contribution in [0.2, 0.25) is 0 Å². The van der Waals surface area contributed by atoms with Gasteiger partial charge in [0, 0.05) is 25.0 Å². The largest absolute Gasteiger partial charge is 0.494 e. The van der Waals surface area contributed by atoms with Crippen LogP contribution in [0.4, 0.5) is 13.2 Å². The zero-order valence-corrected chi connectivity index (χ0v) is 19.1. The molecule has 0 aromatic heterocycles. The van der Waals surface area contributed by atoms with Crippen molar-refractivity contribution >= 4 is 0 Å². The van der Waals surface area contributed by atoms with Crippen molar-refractivity contribution in [2.24, 2.45) is 0 Å². The van der Waals surface area contributed by atoms with Crippen molar-refractivity contribution in [2.45, 2.75) is 56.7 Å². The van der Waals surface area contributed by atoms with Crippen LogP contribution in [0, 0.1) is 0 Å². The first-order valence-electron chi connectivity index (χ1n) is 12.4. The first-order chi connectivity index (χ1) is 16.0. The summed E-state index contributed by atoms with van der Waals surface area (Å²) in [5.74, 6) is 0.997. The molecule has 178 valence electrons. The number of halogens is 3. The van der Waals surface area contributed by atoms with Crippen molar-refractivity contribution in [1.29, 1.82) is 0 Å². The maximum atomic E-state index is 13.0. The quantitative estimate of drug-likeness (QED) is 0.477. The number of ether oxygens (including phenoxy) is 1. The Balaban J connectivity index is 1.30. The van der Waals surface area contributed by atoms with E-state index in [9.17, 15) is 13.2 Å². The van der Waals surface area contributed by atoms with Gasteiger partial charge in [-0.15, -0.1) is 0 Å². The summed E-state index contributed by atoms with van der Waals surface area (Å²) in [6.07, 6.45) is 2.99. The highest BCUT2D eigenvalue weighted by Gasteiger charge is 2.37. The number of hydrogen-bond acceptors (Lipinski definition) is 3. The second-order valence-corrected chi connectivity index (χ2v) is 9.72. The molecule has 3 heterocycles. The number of alkyl halides is 3. The lowest BCUT2D eigenvalue weighted by Crippen LogP contribution is -2.34. The molecule has 2 aromatic rings. The molecule has 3 aliphatic rings. The van der Waals surface area contributed by atoms with Crippen LogP contribution in [0.1, 0.15) is 72.7 Å². The summed E-state index contributed by atoms with van der Waals surface area (Å²) in [5.41, 5.74) is 2.88. The van der Waals surface area contributed by atoms with Crippen LogP contribution in [0.3, 0.4) is 0 Å². The molecule has 0 unspecified atom stereocenters. The monoisotopic (exact) mass is 458 g/mol. The minimum absolute atomic E-state index is 0.0878. The van der Waals surface area contributed by atoms with E-state index >= 15 is 0 Å². The summed E-state index contributed by atoms with van der Waals surface area (Å²) in [6.45, 7) is 6.13. The Morgan fingerprint density at radius 1 is 0.879 bits per heavy atom. The minimum Gasteiger partial charge on any atom is -0.494 e. The van der Waals surface area contributed by atoms with E-state index < -0.39 is 11.7 Å². The fraction of sp³-hybridized carbons (Fsp3) is 0.556. The summed E-state index contributed by atoms with van der Waals surface area (Å²) in [6, 6.07) is 12.5. The fourth-order valence-corrected chi connectivity index (χ4v) is 5.83. The van der Waals surface area contributed by atoms with E-state index in [1.807, 2.05) is 6.07 Å². The van der Waals surface area contributed by atoms with Gasteiger partial charge in [0.15, 0.2) is 0 Å². The Hall–Kier alpha value is -2.05. The molecule has 0 bridgehead atoms. The Morgan fingerprint density at radius 3 is 2.42 bits per heavy atom. The predicted molar refractivity (Wildman–Crippen MR) is 124 cm³/mol. The number of rotatable bonds is 6. The molecule has 2 atom stereocenters. The molecule has 0 spiro atoms. The molecule has 0 N–H and O–H groups in total. The molecule has 3 aliphatic heterocycles. The Labute approximate surface area is 194 Å². The molecule has 2 fully saturated rings. The van der Waals surface area contributed by atoms with Crippen LogP contribution in [0.25, 0.3) is 0 Å². The van der Waals surface area contributed by atoms with Crippen molar-refractivity contribution < 1.29 is 17.9 Å². The van der Waals surface area contributed by atoms with Gasteiger partial charge in [0.05, 0.1) is 12.2 Å². The van der Waals surface area contributed by atoms with Gasteiger partial charge in [-0.25, -0.2) is 0 Å². The smallest absolute Gasteiger partial charge is 0.416 e. The van der Waals surface area contributed by atoms with E-state index in [4.69, 9.17) is 4.74 Å². The van der Waals surface area contributed by atoms with E-state index in [0.717, 1.165) is 50.2 Å². The summed E-state index contributed by atoms with van der Waals surface area (Å²) in [4.78, 5) is 5.02. The van der Waals surface area contributed by atoms with E-state index in [0.29, 0.717) is 12.6 Å². The standard InChI is InChI=1S/C27H33F3N2O/c28-27(29,30)21-9-7-20(8-10-21)25-19-32-16-4-6-26(32)24-18-22(11-12-23(24)25)33-17-5-15-31-13-2-1-3-14-31/h7-12,18,25-26H,1-6,13-17,19H2/t25-,26+/m0/s1. The number of likely N-dealkylation sites (tertiary alicyclic amines) is 1. The molecule has 5 rings (SSSR count). The maximum absolute atomic E-state index is 13.0. The van der Waals surface area contributed by atoms with E-state index in [-0.39, 0.29) is 5.92 Å². The Kier molecular flexibility index (Phi) is 6.66. The van der Waals surface area contributed by atoms with Gasteiger partial charge in [-0.05, 0) is 92.7 Å². The third-order valence-electron chi connectivity index (χ3n) is 7.55. The summed E-state index contributed by atoms with van der Waals surface area (Å²) in [5, 5.41) is 0. The summed E-state index contributed by atoms with van der Waals surface area (Å²) in [7, 11) is 0. The molecule has 0 saturated carbocycles. The first kappa shape index (κ1) is 22.7. The molecular weight excluding hydrogens is 425 g/mol. The highest BCUT2D eigenvalue weighted by atomic mass is 19.4. The van der Waals surface area contributed by atoms with Gasteiger partial charge >= 0.3 is 6.18 Å².